The number of hydrogen-bond donors (Lipinski definition) is 0. The minimum Gasteiger partial charge on any atom is -0.486 e. The van der Waals surface area contributed by atoms with Crippen LogP contribution in [0.3, 0.4) is 0 Å². The first kappa shape index (κ1) is 14.7. The zero-order chi connectivity index (χ0) is 14.7. The number of carbonyl (C=O) groups is 1. The lowest BCUT2D eigenvalue weighted by atomic mass is 10.1. The topological polar surface area (TPSA) is 39.2 Å². The highest BCUT2D eigenvalue weighted by Crippen LogP contribution is 2.22. The van der Waals surface area contributed by atoms with Gasteiger partial charge in [-0.15, -0.1) is 11.3 Å². The number of ether oxygens (including phenoxy) is 1. The monoisotopic (exact) mass is 289 g/mol. The van der Waals surface area contributed by atoms with Gasteiger partial charge in [-0.05, 0) is 43.5 Å². The first-order chi connectivity index (χ1) is 9.51. The van der Waals surface area contributed by atoms with Crippen LogP contribution in [0.25, 0.3) is 0 Å². The van der Waals surface area contributed by atoms with Crippen LogP contribution in [0.4, 0.5) is 0 Å². The fourth-order valence-corrected chi connectivity index (χ4v) is 2.89. The van der Waals surface area contributed by atoms with Crippen LogP contribution in [0.15, 0.2) is 18.2 Å². The summed E-state index contributed by atoms with van der Waals surface area (Å²) in [4.78, 5) is 16.8. The van der Waals surface area contributed by atoms with E-state index < -0.39 is 0 Å². The van der Waals surface area contributed by atoms with Gasteiger partial charge in [0.1, 0.15) is 17.4 Å². The second kappa shape index (κ2) is 6.18. The van der Waals surface area contributed by atoms with Crippen LogP contribution in [0.2, 0.25) is 0 Å². The number of Topliss-reactive ketones (excluding diaryl/α,β-unsaturated/α-hetero) is 1. The summed E-state index contributed by atoms with van der Waals surface area (Å²) in [7, 11) is 0. The molecule has 0 aliphatic carbocycles. The summed E-state index contributed by atoms with van der Waals surface area (Å²) in [5.41, 5.74) is 3.33. The Labute approximate surface area is 123 Å². The van der Waals surface area contributed by atoms with Crippen LogP contribution in [0.5, 0.6) is 5.75 Å². The summed E-state index contributed by atoms with van der Waals surface area (Å²) in [6.07, 6.45) is 0.773. The summed E-state index contributed by atoms with van der Waals surface area (Å²) in [5.74, 6) is 0.919. The number of thiazole rings is 1. The molecule has 0 aliphatic rings. The van der Waals surface area contributed by atoms with E-state index in [0.717, 1.165) is 27.7 Å². The van der Waals surface area contributed by atoms with Gasteiger partial charge in [0.05, 0.1) is 10.6 Å². The Kier molecular flexibility index (Phi) is 4.55. The third-order valence-electron chi connectivity index (χ3n) is 3.24. The lowest BCUT2D eigenvalue weighted by Gasteiger charge is -2.06. The van der Waals surface area contributed by atoms with Crippen molar-refractivity contribution in [1.29, 1.82) is 0 Å². The molecule has 2 rings (SSSR count). The van der Waals surface area contributed by atoms with E-state index in [1.54, 1.807) is 6.92 Å². The maximum Gasteiger partial charge on any atom is 0.171 e. The number of rotatable bonds is 5. The van der Waals surface area contributed by atoms with Crippen molar-refractivity contribution in [2.24, 2.45) is 0 Å². The van der Waals surface area contributed by atoms with E-state index in [0.29, 0.717) is 6.61 Å². The zero-order valence-corrected chi connectivity index (χ0v) is 13.1. The predicted octanol–water partition coefficient (Wildman–Crippen LogP) is 4.10. The normalized spacial score (nSPS) is 10.6. The molecule has 0 radical (unpaired) electrons. The quantitative estimate of drug-likeness (QED) is 0.778. The van der Waals surface area contributed by atoms with E-state index >= 15 is 0 Å². The molecule has 0 aliphatic heterocycles. The molecular formula is C16H19NO2S. The van der Waals surface area contributed by atoms with Gasteiger partial charge >= 0.3 is 0 Å². The summed E-state index contributed by atoms with van der Waals surface area (Å²) in [5, 5.41) is 0.852. The smallest absolute Gasteiger partial charge is 0.171 e. The third-order valence-corrected chi connectivity index (χ3v) is 4.41. The molecule has 1 heterocycles. The molecule has 0 saturated carbocycles. The number of nitrogens with zero attached hydrogens (tertiary/aromatic N) is 1. The SMILES string of the molecule is CCc1nc(COc2ccc(C)c(C)c2)sc1C(C)=O. The third kappa shape index (κ3) is 3.25. The molecule has 0 saturated heterocycles. The molecule has 3 nitrogen and oxygen atoms in total. The predicted molar refractivity (Wildman–Crippen MR) is 81.7 cm³/mol. The molecule has 0 amide bonds. The fraction of sp³-hybridized carbons (Fsp3) is 0.375. The minimum absolute atomic E-state index is 0.0804. The Morgan fingerprint density at radius 2 is 2.05 bits per heavy atom. The first-order valence-corrected chi connectivity index (χ1v) is 7.52. The first-order valence-electron chi connectivity index (χ1n) is 6.70. The van der Waals surface area contributed by atoms with Crippen molar-refractivity contribution >= 4 is 17.1 Å². The van der Waals surface area contributed by atoms with Crippen molar-refractivity contribution in [2.45, 2.75) is 40.7 Å². The van der Waals surface area contributed by atoms with Gasteiger partial charge in [-0.1, -0.05) is 13.0 Å². The van der Waals surface area contributed by atoms with Crippen molar-refractivity contribution in [1.82, 2.24) is 4.98 Å². The highest BCUT2D eigenvalue weighted by Gasteiger charge is 2.13. The van der Waals surface area contributed by atoms with Crippen LogP contribution >= 0.6 is 11.3 Å². The summed E-state index contributed by atoms with van der Waals surface area (Å²) in [6.45, 7) is 8.14. The molecule has 0 fully saturated rings. The average molecular weight is 289 g/mol. The Morgan fingerprint density at radius 1 is 1.30 bits per heavy atom. The van der Waals surface area contributed by atoms with Gasteiger partial charge in [0.2, 0.25) is 0 Å². The number of carbonyl (C=O) groups excluding carboxylic acids is 1. The van der Waals surface area contributed by atoms with Crippen LogP contribution < -0.4 is 4.74 Å². The van der Waals surface area contributed by atoms with Crippen molar-refractivity contribution in [3.8, 4) is 5.75 Å². The Balaban J connectivity index is 2.10. The standard InChI is InChI=1S/C16H19NO2S/c1-5-14-16(12(4)18)20-15(17-14)9-19-13-7-6-10(2)11(3)8-13/h6-8H,5,9H2,1-4H3. The molecule has 0 N–H and O–H groups in total. The van der Waals surface area contributed by atoms with Crippen LogP contribution in [-0.2, 0) is 13.0 Å². The van der Waals surface area contributed by atoms with Crippen molar-refractivity contribution < 1.29 is 9.53 Å². The largest absolute Gasteiger partial charge is 0.486 e. The van der Waals surface area contributed by atoms with E-state index in [-0.39, 0.29) is 5.78 Å². The second-order valence-corrected chi connectivity index (χ2v) is 5.91. The van der Waals surface area contributed by atoms with E-state index in [1.807, 2.05) is 25.1 Å². The summed E-state index contributed by atoms with van der Waals surface area (Å²) in [6, 6.07) is 6.03. The molecule has 0 atom stereocenters. The number of hydrogen-bond acceptors (Lipinski definition) is 4. The Morgan fingerprint density at radius 3 is 2.60 bits per heavy atom. The summed E-state index contributed by atoms with van der Waals surface area (Å²) >= 11 is 1.43. The number of ketones is 1. The summed E-state index contributed by atoms with van der Waals surface area (Å²) < 4.78 is 5.76. The van der Waals surface area contributed by atoms with Crippen molar-refractivity contribution in [2.75, 3.05) is 0 Å². The highest BCUT2D eigenvalue weighted by molar-refractivity contribution is 7.13. The van der Waals surface area contributed by atoms with Gasteiger partial charge in [-0.25, -0.2) is 4.98 Å². The Hall–Kier alpha value is -1.68. The van der Waals surface area contributed by atoms with E-state index in [9.17, 15) is 4.79 Å². The molecule has 2 aromatic rings. The van der Waals surface area contributed by atoms with E-state index in [4.69, 9.17) is 4.74 Å². The molecule has 106 valence electrons. The number of benzene rings is 1. The molecule has 1 aromatic heterocycles. The maximum atomic E-state index is 11.5. The van der Waals surface area contributed by atoms with E-state index in [1.165, 1.54) is 22.5 Å². The average Bonchev–Trinajstić information content (AvgIpc) is 2.84. The van der Waals surface area contributed by atoms with Gasteiger partial charge < -0.3 is 4.74 Å². The number of aryl methyl sites for hydroxylation is 3. The molecule has 0 spiro atoms. The molecular weight excluding hydrogens is 270 g/mol. The highest BCUT2D eigenvalue weighted by atomic mass is 32.1. The molecule has 20 heavy (non-hydrogen) atoms. The van der Waals surface area contributed by atoms with Gasteiger partial charge in [-0.3, -0.25) is 4.79 Å². The van der Waals surface area contributed by atoms with E-state index in [2.05, 4.69) is 18.8 Å². The lowest BCUT2D eigenvalue weighted by Crippen LogP contribution is -1.96. The minimum atomic E-state index is 0.0804. The van der Waals surface area contributed by atoms with Gasteiger partial charge in [-0.2, -0.15) is 0 Å². The van der Waals surface area contributed by atoms with Gasteiger partial charge in [0.25, 0.3) is 0 Å². The van der Waals surface area contributed by atoms with Crippen LogP contribution in [-0.4, -0.2) is 10.8 Å². The van der Waals surface area contributed by atoms with Crippen molar-refractivity contribution in [3.05, 3.63) is 44.9 Å². The zero-order valence-electron chi connectivity index (χ0n) is 12.3. The number of aromatic nitrogens is 1. The van der Waals surface area contributed by atoms with Crippen LogP contribution in [0, 0.1) is 13.8 Å². The van der Waals surface area contributed by atoms with Gasteiger partial charge in [0, 0.05) is 6.92 Å². The molecule has 1 aromatic carbocycles. The lowest BCUT2D eigenvalue weighted by molar-refractivity contribution is 0.102. The molecule has 0 bridgehead atoms. The van der Waals surface area contributed by atoms with Gasteiger partial charge in [0.15, 0.2) is 5.78 Å². The maximum absolute atomic E-state index is 11.5. The molecule has 0 unspecified atom stereocenters. The second-order valence-electron chi connectivity index (χ2n) is 4.83. The van der Waals surface area contributed by atoms with Crippen molar-refractivity contribution in [3.63, 3.8) is 0 Å². The van der Waals surface area contributed by atoms with Crippen LogP contribution in [0.1, 0.15) is 45.3 Å². The Bertz CT molecular complexity index is 631. The fourth-order valence-electron chi connectivity index (χ4n) is 1.93. The molecule has 4 heteroatoms.